The molecule has 1 radical (unpaired) electrons. The number of hydrogen-bond donors (Lipinski definition) is 1. The molecular weight excluding hydrogens is 333 g/mol. The van der Waals surface area contributed by atoms with Gasteiger partial charge in [0.05, 0.1) is 0 Å². The number of aliphatic hydroxyl groups excluding tert-OH is 1. The Balaban J connectivity index is 0.00000161. The molecule has 7 unspecified atom stereocenters. The minimum Gasteiger partial charge on any atom is -0.396 e. The Morgan fingerprint density at radius 1 is 1.05 bits per heavy atom. The van der Waals surface area contributed by atoms with Crippen LogP contribution in [0.15, 0.2) is 0 Å². The molecule has 3 rings (SSSR count). The molecule has 0 aromatic heterocycles. The van der Waals surface area contributed by atoms with Crippen molar-refractivity contribution >= 4 is 0 Å². The van der Waals surface area contributed by atoms with Crippen molar-refractivity contribution in [3.63, 3.8) is 0 Å². The second-order valence-corrected chi connectivity index (χ2v) is 8.54. The van der Waals surface area contributed by atoms with E-state index in [9.17, 15) is 5.11 Å². The molecule has 0 aliphatic heterocycles. The van der Waals surface area contributed by atoms with Gasteiger partial charge < -0.3 is 18.5 Å². The van der Waals surface area contributed by atoms with Crippen molar-refractivity contribution < 1.29 is 37.8 Å². The number of hydrogen-bond acceptors (Lipinski definition) is 1. The summed E-state index contributed by atoms with van der Waals surface area (Å²) in [5.74, 6) is 3.05. The predicted molar refractivity (Wildman–Crippen MR) is 83.8 cm³/mol. The van der Waals surface area contributed by atoms with Gasteiger partial charge >= 0.3 is 0 Å². The van der Waals surface area contributed by atoms with Gasteiger partial charge in [-0.25, -0.2) is 0 Å². The van der Waals surface area contributed by atoms with Crippen LogP contribution in [0.4, 0.5) is 0 Å². The van der Waals surface area contributed by atoms with Crippen molar-refractivity contribution in [1.29, 1.82) is 0 Å². The molecule has 1 nitrogen and oxygen atoms in total. The standard InChI is InChI=1S/C19H32O.Y/c1-13-5-6-17-14(2)16(9-12-19(13,17)4)18(3)10-7-15(20)8-11-18;/h10,13-17,20H,2,5-9,11-12H2,1,3-4H3;/q-2;. The molecule has 0 aromatic rings. The van der Waals surface area contributed by atoms with Crippen LogP contribution in [0.3, 0.4) is 0 Å². The van der Waals surface area contributed by atoms with Crippen LogP contribution in [-0.4, -0.2) is 11.2 Å². The summed E-state index contributed by atoms with van der Waals surface area (Å²) < 4.78 is 0. The topological polar surface area (TPSA) is 20.2 Å². The Labute approximate surface area is 156 Å². The van der Waals surface area contributed by atoms with E-state index >= 15 is 0 Å². The van der Waals surface area contributed by atoms with Gasteiger partial charge in [0.2, 0.25) is 0 Å². The molecule has 0 amide bonds. The van der Waals surface area contributed by atoms with Crippen LogP contribution in [0.2, 0.25) is 0 Å². The van der Waals surface area contributed by atoms with Gasteiger partial charge in [-0.05, 0) is 30.6 Å². The summed E-state index contributed by atoms with van der Waals surface area (Å²) in [5, 5.41) is 9.78. The first-order chi connectivity index (χ1) is 9.37. The van der Waals surface area contributed by atoms with Gasteiger partial charge in [0, 0.05) is 38.8 Å². The summed E-state index contributed by atoms with van der Waals surface area (Å²) in [7, 11) is 0. The first-order valence-corrected chi connectivity index (χ1v) is 8.72. The van der Waals surface area contributed by atoms with Crippen molar-refractivity contribution in [1.82, 2.24) is 0 Å². The molecule has 21 heavy (non-hydrogen) atoms. The minimum atomic E-state index is -0.0910. The van der Waals surface area contributed by atoms with E-state index in [0.29, 0.717) is 16.7 Å². The monoisotopic (exact) mass is 365 g/mol. The summed E-state index contributed by atoms with van der Waals surface area (Å²) in [4.78, 5) is 0. The molecule has 119 valence electrons. The first kappa shape index (κ1) is 18.4. The van der Waals surface area contributed by atoms with Crippen LogP contribution < -0.4 is 0 Å². The maximum absolute atomic E-state index is 9.78. The van der Waals surface area contributed by atoms with Crippen molar-refractivity contribution in [2.75, 3.05) is 0 Å². The second kappa shape index (κ2) is 6.52. The van der Waals surface area contributed by atoms with E-state index in [4.69, 9.17) is 0 Å². The number of rotatable bonds is 1. The molecule has 2 heteroatoms. The number of aliphatic hydroxyl groups is 1. The zero-order valence-electron chi connectivity index (χ0n) is 14.1. The van der Waals surface area contributed by atoms with E-state index in [1.807, 2.05) is 0 Å². The molecule has 0 saturated heterocycles. The molecule has 3 fully saturated rings. The van der Waals surface area contributed by atoms with Crippen LogP contribution in [0, 0.1) is 47.8 Å². The Hall–Kier alpha value is 1.06. The Kier molecular flexibility index (Phi) is 5.71. The Bertz CT molecular complexity index is 361. The van der Waals surface area contributed by atoms with E-state index in [2.05, 4.69) is 34.1 Å². The fourth-order valence-corrected chi connectivity index (χ4v) is 5.81. The third-order valence-electron chi connectivity index (χ3n) is 7.63. The summed E-state index contributed by atoms with van der Waals surface area (Å²) in [6.07, 6.45) is 10.9. The van der Waals surface area contributed by atoms with Crippen LogP contribution in [0.1, 0.15) is 65.7 Å². The quantitative estimate of drug-likeness (QED) is 0.671. The van der Waals surface area contributed by atoms with Crippen LogP contribution in [-0.2, 0) is 32.7 Å². The molecule has 0 spiro atoms. The first-order valence-electron chi connectivity index (χ1n) is 8.72. The SMILES string of the molecule is [CH2-]C1C(C2(C)[CH-]CC(O)CC2)CCC2(C)C(C)CCC12.[Y]. The van der Waals surface area contributed by atoms with E-state index in [1.54, 1.807) is 0 Å². The van der Waals surface area contributed by atoms with Gasteiger partial charge in [0.1, 0.15) is 0 Å². The van der Waals surface area contributed by atoms with Gasteiger partial charge in [-0.15, -0.1) is 0 Å². The molecule has 3 aliphatic rings. The molecule has 0 aromatic carbocycles. The summed E-state index contributed by atoms with van der Waals surface area (Å²) in [6.45, 7) is 12.1. The van der Waals surface area contributed by atoms with E-state index in [-0.39, 0.29) is 38.8 Å². The molecule has 7 atom stereocenters. The van der Waals surface area contributed by atoms with Crippen molar-refractivity contribution in [2.24, 2.45) is 34.5 Å². The second-order valence-electron chi connectivity index (χ2n) is 8.54. The summed E-state index contributed by atoms with van der Waals surface area (Å²) in [5.41, 5.74) is 0.867. The van der Waals surface area contributed by atoms with Gasteiger partial charge in [-0.3, -0.25) is 0 Å². The average molecular weight is 365 g/mol. The van der Waals surface area contributed by atoms with E-state index in [0.717, 1.165) is 37.0 Å². The predicted octanol–water partition coefficient (Wildman–Crippen LogP) is 4.65. The Morgan fingerprint density at radius 3 is 2.38 bits per heavy atom. The fourth-order valence-electron chi connectivity index (χ4n) is 5.81. The largest absolute Gasteiger partial charge is 0.396 e. The third-order valence-corrected chi connectivity index (χ3v) is 7.63. The number of fused-ring (bicyclic) bond motifs is 1. The Morgan fingerprint density at radius 2 is 1.76 bits per heavy atom. The molecule has 3 aliphatic carbocycles. The van der Waals surface area contributed by atoms with Gasteiger partial charge in [0.25, 0.3) is 0 Å². The molecule has 1 N–H and O–H groups in total. The zero-order valence-corrected chi connectivity index (χ0v) is 17.0. The van der Waals surface area contributed by atoms with Gasteiger partial charge in [0.15, 0.2) is 0 Å². The van der Waals surface area contributed by atoms with Crippen molar-refractivity contribution in [3.8, 4) is 0 Å². The van der Waals surface area contributed by atoms with Crippen LogP contribution >= 0.6 is 0 Å². The van der Waals surface area contributed by atoms with Crippen molar-refractivity contribution in [2.45, 2.75) is 71.8 Å². The fraction of sp³-hybridized carbons (Fsp3) is 0.895. The smallest absolute Gasteiger partial charge is 0.0271 e. The third kappa shape index (κ3) is 3.05. The normalized spacial score (nSPS) is 53.9. The maximum Gasteiger partial charge on any atom is 0.0271 e. The van der Waals surface area contributed by atoms with E-state index in [1.165, 1.54) is 25.7 Å². The molecule has 0 heterocycles. The van der Waals surface area contributed by atoms with Crippen LogP contribution in [0.25, 0.3) is 0 Å². The summed E-state index contributed by atoms with van der Waals surface area (Å²) in [6, 6.07) is 0. The summed E-state index contributed by atoms with van der Waals surface area (Å²) >= 11 is 0. The van der Waals surface area contributed by atoms with Gasteiger partial charge in [-0.2, -0.15) is 17.8 Å². The van der Waals surface area contributed by atoms with E-state index < -0.39 is 0 Å². The average Bonchev–Trinajstić information content (AvgIpc) is 2.71. The van der Waals surface area contributed by atoms with Gasteiger partial charge in [-0.1, -0.05) is 51.9 Å². The molecule has 3 saturated carbocycles. The maximum atomic E-state index is 9.78. The minimum absolute atomic E-state index is 0. The molecule has 0 bridgehead atoms. The zero-order chi connectivity index (χ0) is 14.5. The van der Waals surface area contributed by atoms with Crippen LogP contribution in [0.5, 0.6) is 0 Å². The molecular formula is C19H32OY-2. The van der Waals surface area contributed by atoms with Crippen molar-refractivity contribution in [3.05, 3.63) is 13.3 Å².